The van der Waals surface area contributed by atoms with E-state index in [0.717, 1.165) is 37.0 Å². The van der Waals surface area contributed by atoms with E-state index in [0.29, 0.717) is 31.1 Å². The number of ether oxygens (including phenoxy) is 1. The van der Waals surface area contributed by atoms with Crippen molar-refractivity contribution in [3.05, 3.63) is 53.5 Å². The van der Waals surface area contributed by atoms with Crippen LogP contribution < -0.4 is 4.74 Å². The maximum atomic E-state index is 13.0. The van der Waals surface area contributed by atoms with Gasteiger partial charge in [-0.25, -0.2) is 4.98 Å². The zero-order chi connectivity index (χ0) is 18.6. The van der Waals surface area contributed by atoms with Crippen LogP contribution in [0.4, 0.5) is 0 Å². The summed E-state index contributed by atoms with van der Waals surface area (Å²) >= 11 is 0. The van der Waals surface area contributed by atoms with Gasteiger partial charge in [-0.1, -0.05) is 6.08 Å². The summed E-state index contributed by atoms with van der Waals surface area (Å²) < 4.78 is 7.92. The molecule has 0 N–H and O–H groups in total. The average Bonchev–Trinajstić information content (AvgIpc) is 3.07. The quantitative estimate of drug-likeness (QED) is 0.836. The molecule has 7 heteroatoms. The minimum absolute atomic E-state index is 0.0886. The van der Waals surface area contributed by atoms with E-state index < -0.39 is 0 Å². The highest BCUT2D eigenvalue weighted by atomic mass is 16.5. The molecule has 7 nitrogen and oxygen atoms in total. The van der Waals surface area contributed by atoms with Gasteiger partial charge in [-0.15, -0.1) is 0 Å². The number of nitriles is 1. The number of hydrogen-bond acceptors (Lipinski definition) is 5. The third-order valence-corrected chi connectivity index (χ3v) is 4.96. The highest BCUT2D eigenvalue weighted by Crippen LogP contribution is 2.23. The monoisotopic (exact) mass is 363 g/mol. The van der Waals surface area contributed by atoms with Crippen molar-refractivity contribution >= 4 is 5.91 Å². The van der Waals surface area contributed by atoms with E-state index in [1.807, 2.05) is 21.7 Å². The summed E-state index contributed by atoms with van der Waals surface area (Å²) in [5, 5.41) is 13.3. The highest BCUT2D eigenvalue weighted by molar-refractivity contribution is 5.93. The summed E-state index contributed by atoms with van der Waals surface area (Å²) in [7, 11) is 0. The van der Waals surface area contributed by atoms with Crippen LogP contribution in [0.5, 0.6) is 5.88 Å². The molecule has 1 aliphatic heterocycles. The zero-order valence-corrected chi connectivity index (χ0v) is 15.0. The van der Waals surface area contributed by atoms with E-state index in [4.69, 9.17) is 10.00 Å². The summed E-state index contributed by atoms with van der Waals surface area (Å²) in [6.07, 6.45) is 9.09. The van der Waals surface area contributed by atoms with E-state index in [1.165, 1.54) is 6.20 Å². The van der Waals surface area contributed by atoms with Gasteiger partial charge in [-0.2, -0.15) is 10.4 Å². The summed E-state index contributed by atoms with van der Waals surface area (Å²) in [6, 6.07) is 7.35. The van der Waals surface area contributed by atoms with E-state index in [9.17, 15) is 4.79 Å². The first kappa shape index (κ1) is 17.3. The standard InChI is InChI=1S/C20H21N5O2/c21-10-15-6-7-19(22-11-15)27-18-13-24(12-17-8-9-23-25(17)14-18)20(26)16-4-2-1-3-5-16/h4,6-9,11,18H,1-3,5,12-14H2/t18-/m1/s1. The molecule has 0 bridgehead atoms. The van der Waals surface area contributed by atoms with Gasteiger partial charge in [0.15, 0.2) is 0 Å². The second-order valence-electron chi connectivity index (χ2n) is 6.90. The van der Waals surface area contributed by atoms with Crippen molar-refractivity contribution in [3.8, 4) is 11.9 Å². The molecule has 138 valence electrons. The number of rotatable bonds is 3. The van der Waals surface area contributed by atoms with Gasteiger partial charge in [-0.05, 0) is 37.8 Å². The number of allylic oxidation sites excluding steroid dienone is 1. The molecule has 0 aromatic carbocycles. The number of carbonyl (C=O) groups excluding carboxylic acids is 1. The molecule has 4 rings (SSSR count). The molecule has 1 aliphatic carbocycles. The predicted octanol–water partition coefficient (Wildman–Crippen LogP) is 2.44. The fraction of sp³-hybridized carbons (Fsp3) is 0.400. The Hall–Kier alpha value is -3.14. The number of amides is 1. The van der Waals surface area contributed by atoms with Crippen LogP contribution in [0.15, 0.2) is 42.2 Å². The molecular weight excluding hydrogens is 342 g/mol. The molecule has 2 aliphatic rings. The minimum atomic E-state index is -0.264. The number of nitrogens with zero attached hydrogens (tertiary/aromatic N) is 5. The molecule has 27 heavy (non-hydrogen) atoms. The number of fused-ring (bicyclic) bond motifs is 1. The van der Waals surface area contributed by atoms with Gasteiger partial charge in [0, 0.05) is 24.0 Å². The Balaban J connectivity index is 1.55. The Morgan fingerprint density at radius 2 is 2.19 bits per heavy atom. The molecule has 0 fully saturated rings. The molecule has 0 saturated carbocycles. The van der Waals surface area contributed by atoms with Crippen LogP contribution in [0.2, 0.25) is 0 Å². The van der Waals surface area contributed by atoms with Crippen molar-refractivity contribution in [2.24, 2.45) is 0 Å². The van der Waals surface area contributed by atoms with Gasteiger partial charge in [0.2, 0.25) is 11.8 Å². The Kier molecular flexibility index (Phi) is 4.88. The molecule has 1 atom stereocenters. The maximum absolute atomic E-state index is 13.0. The van der Waals surface area contributed by atoms with E-state index in [-0.39, 0.29) is 12.0 Å². The first-order valence-corrected chi connectivity index (χ1v) is 9.25. The van der Waals surface area contributed by atoms with Crippen molar-refractivity contribution < 1.29 is 9.53 Å². The Bertz CT molecular complexity index is 894. The summed E-state index contributed by atoms with van der Waals surface area (Å²) in [4.78, 5) is 19.1. The fourth-order valence-electron chi connectivity index (χ4n) is 3.57. The van der Waals surface area contributed by atoms with Crippen LogP contribution >= 0.6 is 0 Å². The lowest BCUT2D eigenvalue weighted by Gasteiger charge is -2.26. The number of carbonyl (C=O) groups is 1. The molecule has 2 aromatic heterocycles. The first-order chi connectivity index (χ1) is 13.2. The molecule has 0 radical (unpaired) electrons. The fourth-order valence-corrected chi connectivity index (χ4v) is 3.57. The molecule has 1 amide bonds. The molecular formula is C20H21N5O2. The number of aromatic nitrogens is 3. The Labute approximate surface area is 157 Å². The van der Waals surface area contributed by atoms with Gasteiger partial charge in [-0.3, -0.25) is 9.48 Å². The van der Waals surface area contributed by atoms with Crippen molar-refractivity contribution in [1.29, 1.82) is 5.26 Å². The lowest BCUT2D eigenvalue weighted by atomic mass is 9.98. The number of pyridine rings is 1. The molecule has 3 heterocycles. The SMILES string of the molecule is N#Cc1ccc(O[C@@H]2CN(C(=O)C3=CCCCC3)Cc3ccnn3C2)nc1. The lowest BCUT2D eigenvalue weighted by Crippen LogP contribution is -2.39. The summed E-state index contributed by atoms with van der Waals surface area (Å²) in [6.45, 7) is 1.55. The van der Waals surface area contributed by atoms with Crippen LogP contribution in [-0.4, -0.2) is 38.2 Å². The van der Waals surface area contributed by atoms with Gasteiger partial charge >= 0.3 is 0 Å². The van der Waals surface area contributed by atoms with E-state index in [1.54, 1.807) is 18.3 Å². The average molecular weight is 363 g/mol. The number of hydrogen-bond donors (Lipinski definition) is 0. The third kappa shape index (κ3) is 3.85. The van der Waals surface area contributed by atoms with Gasteiger partial charge in [0.05, 0.1) is 30.9 Å². The normalized spacial score (nSPS) is 19.4. The Morgan fingerprint density at radius 3 is 2.93 bits per heavy atom. The van der Waals surface area contributed by atoms with Crippen LogP contribution in [0.3, 0.4) is 0 Å². The third-order valence-electron chi connectivity index (χ3n) is 4.96. The lowest BCUT2D eigenvalue weighted by molar-refractivity contribution is -0.129. The Morgan fingerprint density at radius 1 is 1.26 bits per heavy atom. The maximum Gasteiger partial charge on any atom is 0.249 e. The first-order valence-electron chi connectivity index (χ1n) is 9.25. The van der Waals surface area contributed by atoms with E-state index >= 15 is 0 Å². The van der Waals surface area contributed by atoms with Crippen molar-refractivity contribution in [1.82, 2.24) is 19.7 Å². The van der Waals surface area contributed by atoms with Crippen LogP contribution in [0.25, 0.3) is 0 Å². The predicted molar refractivity (Wildman–Crippen MR) is 97.6 cm³/mol. The molecule has 0 unspecified atom stereocenters. The van der Waals surface area contributed by atoms with E-state index in [2.05, 4.69) is 16.2 Å². The van der Waals surface area contributed by atoms with Crippen LogP contribution in [0.1, 0.15) is 36.9 Å². The minimum Gasteiger partial charge on any atom is -0.470 e. The highest BCUT2D eigenvalue weighted by Gasteiger charge is 2.28. The molecule has 0 spiro atoms. The van der Waals surface area contributed by atoms with Gasteiger partial charge < -0.3 is 9.64 Å². The van der Waals surface area contributed by atoms with Gasteiger partial charge in [0.25, 0.3) is 0 Å². The van der Waals surface area contributed by atoms with Crippen molar-refractivity contribution in [2.75, 3.05) is 6.54 Å². The smallest absolute Gasteiger partial charge is 0.249 e. The second kappa shape index (κ2) is 7.62. The van der Waals surface area contributed by atoms with Crippen molar-refractivity contribution in [2.45, 2.75) is 44.9 Å². The topological polar surface area (TPSA) is 84.0 Å². The van der Waals surface area contributed by atoms with Gasteiger partial charge in [0.1, 0.15) is 12.2 Å². The second-order valence-corrected chi connectivity index (χ2v) is 6.90. The zero-order valence-electron chi connectivity index (χ0n) is 15.0. The molecule has 2 aromatic rings. The summed E-state index contributed by atoms with van der Waals surface area (Å²) in [5.41, 5.74) is 2.39. The van der Waals surface area contributed by atoms with Crippen LogP contribution in [-0.2, 0) is 17.9 Å². The van der Waals surface area contributed by atoms with Crippen molar-refractivity contribution in [3.63, 3.8) is 0 Å². The van der Waals surface area contributed by atoms with Crippen LogP contribution in [0, 0.1) is 11.3 Å². The molecule has 0 saturated heterocycles. The largest absolute Gasteiger partial charge is 0.470 e. The summed E-state index contributed by atoms with van der Waals surface area (Å²) in [5.74, 6) is 0.532.